The third kappa shape index (κ3) is 2.36. The molecule has 1 aliphatic rings. The summed E-state index contributed by atoms with van der Waals surface area (Å²) in [5.74, 6) is 0.492. The van der Waals surface area contributed by atoms with Gasteiger partial charge in [0.25, 0.3) is 0 Å². The van der Waals surface area contributed by atoms with Crippen LogP contribution in [0.15, 0.2) is 72.8 Å². The zero-order valence-electron chi connectivity index (χ0n) is 10.3. The number of rotatable bonds is 2. The third-order valence-electron chi connectivity index (χ3n) is 3.48. The summed E-state index contributed by atoms with van der Waals surface area (Å²) >= 11 is 0. The molecule has 3 rings (SSSR count). The largest absolute Gasteiger partial charge is 0.306 e. The predicted octanol–water partition coefficient (Wildman–Crippen LogP) is 3.67. The molecule has 18 heavy (non-hydrogen) atoms. The van der Waals surface area contributed by atoms with Gasteiger partial charge in [-0.15, -0.1) is 0 Å². The van der Waals surface area contributed by atoms with Crippen LogP contribution in [-0.2, 0) is 0 Å². The first-order chi connectivity index (χ1) is 8.93. The number of benzene rings is 2. The number of nitrogens with one attached hydrogen (secondary N) is 1. The Morgan fingerprint density at radius 3 is 1.89 bits per heavy atom. The standard InChI is InChI=1S/C17H17N/c1-3-7-14(8-4-1)16-11-12-17(18-13-16)15-9-5-2-6-10-15/h1-12,16-18H,13H2. The van der Waals surface area contributed by atoms with Crippen molar-refractivity contribution in [3.8, 4) is 0 Å². The van der Waals surface area contributed by atoms with Gasteiger partial charge in [0.15, 0.2) is 0 Å². The molecule has 1 heterocycles. The van der Waals surface area contributed by atoms with Crippen molar-refractivity contribution in [2.75, 3.05) is 6.54 Å². The van der Waals surface area contributed by atoms with Crippen LogP contribution in [0, 0.1) is 0 Å². The van der Waals surface area contributed by atoms with E-state index >= 15 is 0 Å². The van der Waals surface area contributed by atoms with E-state index in [2.05, 4.69) is 78.1 Å². The molecule has 2 aromatic rings. The number of hydrogen-bond acceptors (Lipinski definition) is 1. The van der Waals surface area contributed by atoms with E-state index in [4.69, 9.17) is 0 Å². The fourth-order valence-corrected chi connectivity index (χ4v) is 2.45. The average Bonchev–Trinajstić information content (AvgIpc) is 2.49. The molecule has 90 valence electrons. The lowest BCUT2D eigenvalue weighted by molar-refractivity contribution is 0.563. The molecule has 0 aromatic heterocycles. The first-order valence-electron chi connectivity index (χ1n) is 6.45. The van der Waals surface area contributed by atoms with Crippen molar-refractivity contribution in [2.24, 2.45) is 0 Å². The average molecular weight is 235 g/mol. The summed E-state index contributed by atoms with van der Waals surface area (Å²) in [5, 5.41) is 3.60. The molecule has 1 aliphatic heterocycles. The van der Waals surface area contributed by atoms with Crippen molar-refractivity contribution < 1.29 is 0 Å². The maximum Gasteiger partial charge on any atom is 0.0506 e. The lowest BCUT2D eigenvalue weighted by Crippen LogP contribution is -2.28. The maximum atomic E-state index is 3.60. The fourth-order valence-electron chi connectivity index (χ4n) is 2.45. The van der Waals surface area contributed by atoms with Gasteiger partial charge < -0.3 is 5.32 Å². The lowest BCUT2D eigenvalue weighted by Gasteiger charge is -2.25. The van der Waals surface area contributed by atoms with Gasteiger partial charge in [0.1, 0.15) is 0 Å². The van der Waals surface area contributed by atoms with Crippen LogP contribution in [0.3, 0.4) is 0 Å². The second-order valence-corrected chi connectivity index (χ2v) is 4.70. The van der Waals surface area contributed by atoms with Crippen LogP contribution < -0.4 is 5.32 Å². The van der Waals surface area contributed by atoms with Gasteiger partial charge in [0.2, 0.25) is 0 Å². The molecule has 2 unspecified atom stereocenters. The first-order valence-corrected chi connectivity index (χ1v) is 6.45. The summed E-state index contributed by atoms with van der Waals surface area (Å²) in [6.07, 6.45) is 4.60. The molecule has 0 saturated carbocycles. The lowest BCUT2D eigenvalue weighted by atomic mass is 9.93. The highest BCUT2D eigenvalue weighted by Crippen LogP contribution is 2.25. The normalized spacial score (nSPS) is 22.9. The summed E-state index contributed by atoms with van der Waals surface area (Å²) in [6.45, 7) is 1.00. The molecule has 0 aliphatic carbocycles. The fraction of sp³-hybridized carbons (Fsp3) is 0.176. The van der Waals surface area contributed by atoms with Crippen LogP contribution in [0.1, 0.15) is 23.1 Å². The minimum Gasteiger partial charge on any atom is -0.306 e. The zero-order valence-corrected chi connectivity index (χ0v) is 10.3. The molecule has 0 saturated heterocycles. The quantitative estimate of drug-likeness (QED) is 0.783. The Hall–Kier alpha value is -1.86. The van der Waals surface area contributed by atoms with Crippen LogP contribution in [0.25, 0.3) is 0 Å². The molecule has 1 N–H and O–H groups in total. The van der Waals surface area contributed by atoms with Crippen molar-refractivity contribution in [3.05, 3.63) is 83.9 Å². The molecule has 0 fully saturated rings. The topological polar surface area (TPSA) is 12.0 Å². The molecular weight excluding hydrogens is 218 g/mol. The Balaban J connectivity index is 1.76. The smallest absolute Gasteiger partial charge is 0.0506 e. The van der Waals surface area contributed by atoms with Gasteiger partial charge in [0, 0.05) is 12.5 Å². The van der Waals surface area contributed by atoms with E-state index in [0.29, 0.717) is 12.0 Å². The molecule has 0 amide bonds. The van der Waals surface area contributed by atoms with Gasteiger partial charge in [0.05, 0.1) is 6.04 Å². The Bertz CT molecular complexity index is 466. The molecule has 0 bridgehead atoms. The third-order valence-corrected chi connectivity index (χ3v) is 3.48. The second kappa shape index (κ2) is 5.19. The van der Waals surface area contributed by atoms with E-state index in [1.165, 1.54) is 11.1 Å². The molecule has 0 spiro atoms. The minimum absolute atomic E-state index is 0.353. The zero-order chi connectivity index (χ0) is 12.2. The van der Waals surface area contributed by atoms with Crippen LogP contribution in [0.2, 0.25) is 0 Å². The van der Waals surface area contributed by atoms with E-state index in [1.807, 2.05) is 0 Å². The molecule has 1 nitrogen and oxygen atoms in total. The monoisotopic (exact) mass is 235 g/mol. The Morgan fingerprint density at radius 2 is 1.33 bits per heavy atom. The summed E-state index contributed by atoms with van der Waals surface area (Å²) < 4.78 is 0. The van der Waals surface area contributed by atoms with E-state index in [9.17, 15) is 0 Å². The van der Waals surface area contributed by atoms with Gasteiger partial charge in [-0.05, 0) is 11.1 Å². The molecule has 2 atom stereocenters. The van der Waals surface area contributed by atoms with Crippen molar-refractivity contribution >= 4 is 0 Å². The van der Waals surface area contributed by atoms with Crippen molar-refractivity contribution in [1.29, 1.82) is 0 Å². The van der Waals surface area contributed by atoms with Gasteiger partial charge >= 0.3 is 0 Å². The number of hydrogen-bond donors (Lipinski definition) is 1. The maximum absolute atomic E-state index is 3.60. The van der Waals surface area contributed by atoms with E-state index < -0.39 is 0 Å². The van der Waals surface area contributed by atoms with Crippen molar-refractivity contribution in [2.45, 2.75) is 12.0 Å². The van der Waals surface area contributed by atoms with E-state index in [1.54, 1.807) is 0 Å². The summed E-state index contributed by atoms with van der Waals surface area (Å²) in [4.78, 5) is 0. The van der Waals surface area contributed by atoms with Gasteiger partial charge in [-0.1, -0.05) is 72.8 Å². The molecule has 1 heteroatoms. The van der Waals surface area contributed by atoms with Crippen LogP contribution in [0.4, 0.5) is 0 Å². The Labute approximate surface area is 108 Å². The van der Waals surface area contributed by atoms with Crippen LogP contribution in [-0.4, -0.2) is 6.54 Å². The van der Waals surface area contributed by atoms with E-state index in [0.717, 1.165) is 6.54 Å². The second-order valence-electron chi connectivity index (χ2n) is 4.70. The van der Waals surface area contributed by atoms with E-state index in [-0.39, 0.29) is 0 Å². The Kier molecular flexibility index (Phi) is 3.24. The molecule has 2 aromatic carbocycles. The van der Waals surface area contributed by atoms with Crippen molar-refractivity contribution in [1.82, 2.24) is 5.32 Å². The summed E-state index contributed by atoms with van der Waals surface area (Å²) in [7, 11) is 0. The summed E-state index contributed by atoms with van der Waals surface area (Å²) in [6, 6.07) is 21.6. The minimum atomic E-state index is 0.353. The first kappa shape index (κ1) is 11.2. The SMILES string of the molecule is C1=CC(c2ccccc2)NCC1c1ccccc1. The molecular formula is C17H17N. The highest BCUT2D eigenvalue weighted by Gasteiger charge is 2.16. The van der Waals surface area contributed by atoms with Crippen LogP contribution in [0.5, 0.6) is 0 Å². The predicted molar refractivity (Wildman–Crippen MR) is 75.5 cm³/mol. The van der Waals surface area contributed by atoms with Crippen molar-refractivity contribution in [3.63, 3.8) is 0 Å². The van der Waals surface area contributed by atoms with Gasteiger partial charge in [-0.2, -0.15) is 0 Å². The highest BCUT2D eigenvalue weighted by molar-refractivity contribution is 5.30. The highest BCUT2D eigenvalue weighted by atomic mass is 14.9. The molecule has 0 radical (unpaired) electrons. The van der Waals surface area contributed by atoms with Gasteiger partial charge in [-0.25, -0.2) is 0 Å². The summed E-state index contributed by atoms with van der Waals surface area (Å²) in [5.41, 5.74) is 2.72. The Morgan fingerprint density at radius 1 is 0.722 bits per heavy atom. The van der Waals surface area contributed by atoms with Crippen LogP contribution >= 0.6 is 0 Å². The van der Waals surface area contributed by atoms with Gasteiger partial charge in [-0.3, -0.25) is 0 Å².